The molecule has 0 spiro atoms. The van der Waals surface area contributed by atoms with Gasteiger partial charge in [-0.25, -0.2) is 0 Å². The molecule has 9 heteroatoms. The van der Waals surface area contributed by atoms with Crippen molar-refractivity contribution < 1.29 is 23.8 Å². The van der Waals surface area contributed by atoms with E-state index in [9.17, 15) is 14.4 Å². The van der Waals surface area contributed by atoms with E-state index >= 15 is 0 Å². The Labute approximate surface area is 192 Å². The molecule has 0 unspecified atom stereocenters. The van der Waals surface area contributed by atoms with Crippen LogP contribution in [0, 0.1) is 5.41 Å². The highest BCUT2D eigenvalue weighted by molar-refractivity contribution is 5.98. The number of hydrogen-bond donors (Lipinski definition) is 1. The number of pyridine rings is 1. The number of benzene rings is 1. The van der Waals surface area contributed by atoms with Crippen molar-refractivity contribution in [3.05, 3.63) is 51.4 Å². The van der Waals surface area contributed by atoms with Gasteiger partial charge in [0.2, 0.25) is 12.7 Å². The number of aromatic nitrogens is 1. The molecule has 2 aliphatic rings. The maximum absolute atomic E-state index is 13.3. The minimum Gasteiger partial charge on any atom is -0.496 e. The van der Waals surface area contributed by atoms with Gasteiger partial charge >= 0.3 is 0 Å². The molecule has 0 saturated carbocycles. The van der Waals surface area contributed by atoms with Crippen molar-refractivity contribution in [3.8, 4) is 17.2 Å². The van der Waals surface area contributed by atoms with Gasteiger partial charge in [-0.3, -0.25) is 14.4 Å². The topological polar surface area (TPSA) is 99.1 Å². The second-order valence-corrected chi connectivity index (χ2v) is 9.19. The number of amides is 2. The van der Waals surface area contributed by atoms with Gasteiger partial charge < -0.3 is 29.0 Å². The molecule has 4 rings (SSSR count). The minimum atomic E-state index is -0.524. The molecule has 0 fully saturated rings. The maximum atomic E-state index is 13.3. The molecule has 2 aromatic rings. The van der Waals surface area contributed by atoms with E-state index in [4.69, 9.17) is 14.2 Å². The number of nitrogens with one attached hydrogen (secondary N) is 1. The van der Waals surface area contributed by atoms with Gasteiger partial charge in [0.05, 0.1) is 7.11 Å². The lowest BCUT2D eigenvalue weighted by atomic mass is 9.94. The Morgan fingerprint density at radius 2 is 1.85 bits per heavy atom. The van der Waals surface area contributed by atoms with E-state index in [-0.39, 0.29) is 36.5 Å². The first-order chi connectivity index (χ1) is 15.7. The van der Waals surface area contributed by atoms with Gasteiger partial charge in [-0.2, -0.15) is 0 Å². The lowest BCUT2D eigenvalue weighted by Crippen LogP contribution is -2.41. The fourth-order valence-corrected chi connectivity index (χ4v) is 4.15. The van der Waals surface area contributed by atoms with Crippen LogP contribution in [0.15, 0.2) is 29.1 Å². The Balaban J connectivity index is 1.59. The van der Waals surface area contributed by atoms with Crippen molar-refractivity contribution in [1.29, 1.82) is 0 Å². The molecule has 176 valence electrons. The van der Waals surface area contributed by atoms with Gasteiger partial charge in [-0.05, 0) is 17.7 Å². The van der Waals surface area contributed by atoms with Gasteiger partial charge in [-0.1, -0.05) is 26.8 Å². The van der Waals surface area contributed by atoms with Crippen molar-refractivity contribution in [2.45, 2.75) is 40.3 Å². The van der Waals surface area contributed by atoms with Crippen LogP contribution < -0.4 is 25.1 Å². The summed E-state index contributed by atoms with van der Waals surface area (Å²) >= 11 is 0. The number of carbonyl (C=O) groups is 2. The third-order valence-electron chi connectivity index (χ3n) is 5.86. The Kier molecular flexibility index (Phi) is 6.05. The number of fused-ring (bicyclic) bond motifs is 2. The summed E-state index contributed by atoms with van der Waals surface area (Å²) in [5.41, 5.74) is 0.978. The van der Waals surface area contributed by atoms with Gasteiger partial charge in [0.25, 0.3) is 11.5 Å². The van der Waals surface area contributed by atoms with Crippen LogP contribution in [0.25, 0.3) is 0 Å². The van der Waals surface area contributed by atoms with E-state index in [1.165, 1.54) is 13.2 Å². The van der Waals surface area contributed by atoms with Crippen LogP contribution in [-0.4, -0.2) is 48.3 Å². The summed E-state index contributed by atoms with van der Waals surface area (Å²) in [5, 5.41) is 2.92. The molecule has 0 bridgehead atoms. The molecule has 33 heavy (non-hydrogen) atoms. The Morgan fingerprint density at radius 1 is 1.09 bits per heavy atom. The van der Waals surface area contributed by atoms with Crippen LogP contribution in [0.5, 0.6) is 17.2 Å². The van der Waals surface area contributed by atoms with E-state index in [0.717, 1.165) is 5.56 Å². The average molecular weight is 456 g/mol. The number of carbonyl (C=O) groups excluding carboxylic acids is 2. The predicted octanol–water partition coefficient (Wildman–Crippen LogP) is 1.95. The molecule has 1 aromatic heterocycles. The number of ether oxygens (including phenoxy) is 3. The third kappa shape index (κ3) is 4.53. The quantitative estimate of drug-likeness (QED) is 0.757. The highest BCUT2D eigenvalue weighted by Gasteiger charge is 2.31. The summed E-state index contributed by atoms with van der Waals surface area (Å²) in [6, 6.07) is 6.82. The second kappa shape index (κ2) is 8.80. The molecule has 1 N–H and O–H groups in total. The van der Waals surface area contributed by atoms with E-state index < -0.39 is 5.41 Å². The van der Waals surface area contributed by atoms with Crippen LogP contribution in [0.3, 0.4) is 0 Å². The highest BCUT2D eigenvalue weighted by Crippen LogP contribution is 2.32. The van der Waals surface area contributed by atoms with Crippen molar-refractivity contribution in [3.63, 3.8) is 0 Å². The van der Waals surface area contributed by atoms with Crippen LogP contribution in [0.1, 0.15) is 42.4 Å². The Hall–Kier alpha value is -3.49. The van der Waals surface area contributed by atoms with E-state index in [1.54, 1.807) is 15.5 Å². The molecule has 0 atom stereocenters. The highest BCUT2D eigenvalue weighted by atomic mass is 16.7. The van der Waals surface area contributed by atoms with Gasteiger partial charge in [0, 0.05) is 49.8 Å². The van der Waals surface area contributed by atoms with Crippen molar-refractivity contribution in [2.24, 2.45) is 5.41 Å². The van der Waals surface area contributed by atoms with Gasteiger partial charge in [0.15, 0.2) is 11.5 Å². The lowest BCUT2D eigenvalue weighted by Gasteiger charge is -2.28. The summed E-state index contributed by atoms with van der Waals surface area (Å²) in [6.45, 7) is 7.22. The number of methoxy groups -OCH3 is 1. The molecule has 2 amide bonds. The van der Waals surface area contributed by atoms with Crippen molar-refractivity contribution >= 4 is 11.8 Å². The van der Waals surface area contributed by atoms with E-state index in [2.05, 4.69) is 5.32 Å². The number of nitrogens with zero attached hydrogens (tertiary/aromatic N) is 2. The van der Waals surface area contributed by atoms with Gasteiger partial charge in [0.1, 0.15) is 11.3 Å². The maximum Gasteiger partial charge on any atom is 0.257 e. The largest absolute Gasteiger partial charge is 0.496 e. The van der Waals surface area contributed by atoms with Crippen LogP contribution in [0.2, 0.25) is 0 Å². The Morgan fingerprint density at radius 3 is 2.58 bits per heavy atom. The van der Waals surface area contributed by atoms with E-state index in [1.807, 2.05) is 32.9 Å². The van der Waals surface area contributed by atoms with Crippen LogP contribution in [-0.2, 0) is 24.3 Å². The van der Waals surface area contributed by atoms with E-state index in [0.29, 0.717) is 48.8 Å². The smallest absolute Gasteiger partial charge is 0.257 e. The van der Waals surface area contributed by atoms with Crippen molar-refractivity contribution in [2.75, 3.05) is 27.0 Å². The first-order valence-corrected chi connectivity index (χ1v) is 11.0. The monoisotopic (exact) mass is 455 g/mol. The van der Waals surface area contributed by atoms with Crippen LogP contribution in [0.4, 0.5) is 0 Å². The molecule has 3 heterocycles. The second-order valence-electron chi connectivity index (χ2n) is 9.19. The molecule has 9 nitrogen and oxygen atoms in total. The zero-order valence-corrected chi connectivity index (χ0v) is 19.4. The molecule has 2 aliphatic heterocycles. The minimum absolute atomic E-state index is 0.0177. The summed E-state index contributed by atoms with van der Waals surface area (Å²) in [4.78, 5) is 40.6. The SMILES string of the molecule is COc1cc(=O)n2c(c1C(=O)NCc1ccc3c(c1)OCO3)CCN(C(=O)C(C)(C)C)CC2. The average Bonchev–Trinajstić information content (AvgIpc) is 3.13. The summed E-state index contributed by atoms with van der Waals surface area (Å²) in [7, 11) is 1.44. The molecule has 1 aromatic carbocycles. The van der Waals surface area contributed by atoms with Crippen LogP contribution >= 0.6 is 0 Å². The first-order valence-electron chi connectivity index (χ1n) is 11.0. The standard InChI is InChI=1S/C24H29N3O6/c1-24(2,3)23(30)26-8-7-16-21(19(31-4)12-20(28)27(16)10-9-26)22(29)25-13-15-5-6-17-18(11-15)33-14-32-17/h5-6,11-12H,7-10,13-14H2,1-4H3,(H,25,29). The third-order valence-corrected chi connectivity index (χ3v) is 5.86. The molecule has 0 aliphatic carbocycles. The summed E-state index contributed by atoms with van der Waals surface area (Å²) in [6.07, 6.45) is 0.376. The Bertz CT molecular complexity index is 1150. The zero-order chi connectivity index (χ0) is 23.8. The summed E-state index contributed by atoms with van der Waals surface area (Å²) in [5.74, 6) is 1.22. The normalized spacial score (nSPS) is 15.0. The summed E-state index contributed by atoms with van der Waals surface area (Å²) < 4.78 is 17.7. The molecular formula is C24H29N3O6. The zero-order valence-electron chi connectivity index (χ0n) is 19.4. The molecule has 0 radical (unpaired) electrons. The number of hydrogen-bond acceptors (Lipinski definition) is 6. The fraction of sp³-hybridized carbons (Fsp3) is 0.458. The van der Waals surface area contributed by atoms with Crippen molar-refractivity contribution in [1.82, 2.24) is 14.8 Å². The van der Waals surface area contributed by atoms with Gasteiger partial charge in [-0.15, -0.1) is 0 Å². The first kappa shape index (κ1) is 22.7. The predicted molar refractivity (Wildman–Crippen MR) is 121 cm³/mol. The molecule has 0 saturated heterocycles. The lowest BCUT2D eigenvalue weighted by molar-refractivity contribution is -0.139. The molecular weight excluding hydrogens is 426 g/mol. The fourth-order valence-electron chi connectivity index (χ4n) is 4.15. The number of rotatable bonds is 4.